The molecular formula is C11H22N2O2. The number of aliphatic hydroxyl groups is 1. The van der Waals surface area contributed by atoms with Crippen molar-refractivity contribution >= 4 is 5.91 Å². The zero-order valence-corrected chi connectivity index (χ0v) is 9.65. The Morgan fingerprint density at radius 1 is 1.53 bits per heavy atom. The van der Waals surface area contributed by atoms with Crippen molar-refractivity contribution in [2.75, 3.05) is 13.1 Å². The molecule has 0 aromatic heterocycles. The molecule has 1 saturated heterocycles. The molecule has 4 heteroatoms. The average molecular weight is 214 g/mol. The standard InChI is InChI=1S/C11H22N2O2/c1-8(2)9-5-3-4-6-13(9)7-10(14)11(12)15/h8-10,14H,3-7H2,1-2H3,(H2,12,15)/t9?,10-/m1/s1. The molecule has 1 heterocycles. The third kappa shape index (κ3) is 3.47. The summed E-state index contributed by atoms with van der Waals surface area (Å²) < 4.78 is 0. The van der Waals surface area contributed by atoms with E-state index in [1.165, 1.54) is 6.42 Å². The third-order valence-electron chi connectivity index (χ3n) is 3.17. The predicted octanol–water partition coefficient (Wildman–Crippen LogP) is 0.343. The molecule has 0 aromatic carbocycles. The molecule has 1 aliphatic rings. The molecule has 4 nitrogen and oxygen atoms in total. The Morgan fingerprint density at radius 2 is 2.20 bits per heavy atom. The van der Waals surface area contributed by atoms with Gasteiger partial charge in [0.05, 0.1) is 0 Å². The number of carbonyl (C=O) groups excluding carboxylic acids is 1. The largest absolute Gasteiger partial charge is 0.382 e. The molecule has 1 fully saturated rings. The number of likely N-dealkylation sites (tertiary alicyclic amines) is 1. The average Bonchev–Trinajstić information content (AvgIpc) is 2.18. The van der Waals surface area contributed by atoms with Crippen molar-refractivity contribution in [1.29, 1.82) is 0 Å². The second-order valence-electron chi connectivity index (χ2n) is 4.72. The van der Waals surface area contributed by atoms with Gasteiger partial charge in [0.25, 0.3) is 0 Å². The van der Waals surface area contributed by atoms with Crippen LogP contribution in [0.3, 0.4) is 0 Å². The molecule has 1 unspecified atom stereocenters. The van der Waals surface area contributed by atoms with Crippen LogP contribution in [0.2, 0.25) is 0 Å². The summed E-state index contributed by atoms with van der Waals surface area (Å²) in [7, 11) is 0. The molecule has 0 saturated carbocycles. The van der Waals surface area contributed by atoms with Crippen LogP contribution in [0.15, 0.2) is 0 Å². The van der Waals surface area contributed by atoms with E-state index in [1.807, 2.05) is 0 Å². The van der Waals surface area contributed by atoms with Crippen molar-refractivity contribution in [2.45, 2.75) is 45.3 Å². The summed E-state index contributed by atoms with van der Waals surface area (Å²) in [6, 6.07) is 0.479. The predicted molar refractivity (Wildman–Crippen MR) is 59.3 cm³/mol. The fourth-order valence-electron chi connectivity index (χ4n) is 2.31. The van der Waals surface area contributed by atoms with Crippen LogP contribution in [-0.4, -0.2) is 41.1 Å². The first-order chi connectivity index (χ1) is 7.02. The minimum Gasteiger partial charge on any atom is -0.382 e. The van der Waals surface area contributed by atoms with Gasteiger partial charge in [-0.2, -0.15) is 0 Å². The van der Waals surface area contributed by atoms with E-state index in [1.54, 1.807) is 0 Å². The van der Waals surface area contributed by atoms with Crippen molar-refractivity contribution in [3.63, 3.8) is 0 Å². The number of hydrogen-bond donors (Lipinski definition) is 2. The number of nitrogens with two attached hydrogens (primary N) is 1. The van der Waals surface area contributed by atoms with Crippen LogP contribution in [0.1, 0.15) is 33.1 Å². The molecule has 15 heavy (non-hydrogen) atoms. The van der Waals surface area contributed by atoms with Crippen molar-refractivity contribution < 1.29 is 9.90 Å². The van der Waals surface area contributed by atoms with Gasteiger partial charge in [0.1, 0.15) is 6.10 Å². The molecule has 1 amide bonds. The van der Waals surface area contributed by atoms with Gasteiger partial charge in [0.15, 0.2) is 0 Å². The van der Waals surface area contributed by atoms with Crippen LogP contribution in [-0.2, 0) is 4.79 Å². The van der Waals surface area contributed by atoms with Gasteiger partial charge in [-0.05, 0) is 25.3 Å². The number of nitrogens with zero attached hydrogens (tertiary/aromatic N) is 1. The van der Waals surface area contributed by atoms with Crippen LogP contribution in [0.4, 0.5) is 0 Å². The number of β-amino-alcohol motifs (C(OH)–C–C–N with tert-alkyl or cyclic N) is 1. The van der Waals surface area contributed by atoms with Crippen LogP contribution in [0, 0.1) is 5.92 Å². The maximum atomic E-state index is 10.8. The zero-order chi connectivity index (χ0) is 11.4. The lowest BCUT2D eigenvalue weighted by Gasteiger charge is -2.38. The van der Waals surface area contributed by atoms with E-state index in [0.29, 0.717) is 18.5 Å². The first-order valence-corrected chi connectivity index (χ1v) is 5.73. The normalized spacial score (nSPS) is 25.5. The number of rotatable bonds is 4. The number of carbonyl (C=O) groups is 1. The van der Waals surface area contributed by atoms with Crippen molar-refractivity contribution in [2.24, 2.45) is 11.7 Å². The van der Waals surface area contributed by atoms with Gasteiger partial charge in [-0.3, -0.25) is 9.69 Å². The number of hydrogen-bond acceptors (Lipinski definition) is 3. The van der Waals surface area contributed by atoms with Gasteiger partial charge in [0.2, 0.25) is 5.91 Å². The van der Waals surface area contributed by atoms with Crippen molar-refractivity contribution in [1.82, 2.24) is 4.90 Å². The van der Waals surface area contributed by atoms with Crippen LogP contribution >= 0.6 is 0 Å². The SMILES string of the molecule is CC(C)C1CCCCN1C[C@@H](O)C(N)=O. The van der Waals surface area contributed by atoms with E-state index in [2.05, 4.69) is 18.7 Å². The van der Waals surface area contributed by atoms with Gasteiger partial charge < -0.3 is 10.8 Å². The molecule has 0 bridgehead atoms. The fraction of sp³-hybridized carbons (Fsp3) is 0.909. The number of aliphatic hydroxyl groups excluding tert-OH is 1. The Bertz CT molecular complexity index is 219. The van der Waals surface area contributed by atoms with E-state index in [-0.39, 0.29) is 0 Å². The molecule has 0 aromatic rings. The molecule has 0 radical (unpaired) electrons. The lowest BCUT2D eigenvalue weighted by molar-refractivity contribution is -0.127. The van der Waals surface area contributed by atoms with Crippen molar-refractivity contribution in [3.8, 4) is 0 Å². The molecular weight excluding hydrogens is 192 g/mol. The summed E-state index contributed by atoms with van der Waals surface area (Å²) >= 11 is 0. The second kappa shape index (κ2) is 5.47. The summed E-state index contributed by atoms with van der Waals surface area (Å²) in [6.45, 7) is 5.71. The highest BCUT2D eigenvalue weighted by molar-refractivity contribution is 5.78. The summed E-state index contributed by atoms with van der Waals surface area (Å²) in [6.07, 6.45) is 2.52. The van der Waals surface area contributed by atoms with Gasteiger partial charge in [0, 0.05) is 12.6 Å². The first-order valence-electron chi connectivity index (χ1n) is 5.73. The maximum Gasteiger partial charge on any atom is 0.247 e. The maximum absolute atomic E-state index is 10.8. The lowest BCUT2D eigenvalue weighted by atomic mass is 9.92. The molecule has 1 aliphatic heterocycles. The lowest BCUT2D eigenvalue weighted by Crippen LogP contribution is -2.49. The van der Waals surface area contributed by atoms with Gasteiger partial charge in [-0.25, -0.2) is 0 Å². The fourth-order valence-corrected chi connectivity index (χ4v) is 2.31. The monoisotopic (exact) mass is 214 g/mol. The molecule has 3 N–H and O–H groups in total. The first kappa shape index (κ1) is 12.5. The van der Waals surface area contributed by atoms with E-state index in [9.17, 15) is 9.90 Å². The highest BCUT2D eigenvalue weighted by atomic mass is 16.3. The third-order valence-corrected chi connectivity index (χ3v) is 3.17. The van der Waals surface area contributed by atoms with E-state index in [0.717, 1.165) is 19.4 Å². The Hall–Kier alpha value is -0.610. The minimum atomic E-state index is -1.02. The molecule has 1 rings (SSSR count). The van der Waals surface area contributed by atoms with Crippen LogP contribution in [0.25, 0.3) is 0 Å². The van der Waals surface area contributed by atoms with Gasteiger partial charge in [-0.15, -0.1) is 0 Å². The number of piperidine rings is 1. The van der Waals surface area contributed by atoms with E-state index in [4.69, 9.17) is 5.73 Å². The topological polar surface area (TPSA) is 66.6 Å². The number of primary amides is 1. The van der Waals surface area contributed by atoms with E-state index < -0.39 is 12.0 Å². The Balaban J connectivity index is 2.53. The summed E-state index contributed by atoms with van der Waals surface area (Å²) in [5, 5.41) is 9.46. The second-order valence-corrected chi connectivity index (χ2v) is 4.72. The van der Waals surface area contributed by atoms with Crippen LogP contribution in [0.5, 0.6) is 0 Å². The highest BCUT2D eigenvalue weighted by Gasteiger charge is 2.27. The Morgan fingerprint density at radius 3 is 2.73 bits per heavy atom. The molecule has 2 atom stereocenters. The minimum absolute atomic E-state index is 0.387. The van der Waals surface area contributed by atoms with Gasteiger partial charge in [-0.1, -0.05) is 20.3 Å². The molecule has 0 spiro atoms. The summed E-state index contributed by atoms with van der Waals surface area (Å²) in [5.74, 6) is -0.0616. The summed E-state index contributed by atoms with van der Waals surface area (Å²) in [5.41, 5.74) is 5.06. The molecule has 0 aliphatic carbocycles. The van der Waals surface area contributed by atoms with Gasteiger partial charge >= 0.3 is 0 Å². The zero-order valence-electron chi connectivity index (χ0n) is 9.65. The van der Waals surface area contributed by atoms with Crippen LogP contribution < -0.4 is 5.73 Å². The summed E-state index contributed by atoms with van der Waals surface area (Å²) in [4.78, 5) is 13.0. The highest BCUT2D eigenvalue weighted by Crippen LogP contribution is 2.22. The molecule has 88 valence electrons. The quantitative estimate of drug-likeness (QED) is 0.709. The van der Waals surface area contributed by atoms with Crippen molar-refractivity contribution in [3.05, 3.63) is 0 Å². The Kier molecular flexibility index (Phi) is 4.54. The Labute approximate surface area is 91.4 Å². The number of amides is 1. The van der Waals surface area contributed by atoms with E-state index >= 15 is 0 Å². The smallest absolute Gasteiger partial charge is 0.247 e.